The third kappa shape index (κ3) is 6.06. The molecule has 0 saturated carbocycles. The second kappa shape index (κ2) is 9.06. The zero-order valence-electron chi connectivity index (χ0n) is 12.3. The summed E-state index contributed by atoms with van der Waals surface area (Å²) in [6.07, 6.45) is 1.38. The van der Waals surface area contributed by atoms with Crippen molar-refractivity contribution in [1.29, 1.82) is 0 Å². The van der Waals surface area contributed by atoms with Gasteiger partial charge in [-0.2, -0.15) is 0 Å². The van der Waals surface area contributed by atoms with E-state index in [0.29, 0.717) is 18.9 Å². The summed E-state index contributed by atoms with van der Waals surface area (Å²) in [6.45, 7) is 0.886. The van der Waals surface area contributed by atoms with E-state index in [9.17, 15) is 4.79 Å². The number of aromatic nitrogens is 4. The van der Waals surface area contributed by atoms with Gasteiger partial charge in [-0.15, -0.1) is 15.0 Å². The minimum absolute atomic E-state index is 0.328. The fourth-order valence-corrected chi connectivity index (χ4v) is 1.65. The third-order valence-electron chi connectivity index (χ3n) is 2.73. The summed E-state index contributed by atoms with van der Waals surface area (Å²) in [5, 5.41) is 19.4. The zero-order valence-corrected chi connectivity index (χ0v) is 12.3. The molecule has 0 bridgehead atoms. The van der Waals surface area contributed by atoms with E-state index in [4.69, 9.17) is 9.84 Å². The maximum atomic E-state index is 10.2. The van der Waals surface area contributed by atoms with E-state index in [1.165, 1.54) is 11.1 Å². The minimum Gasteiger partial charge on any atom is -0.478 e. The van der Waals surface area contributed by atoms with Crippen molar-refractivity contribution >= 4 is 5.97 Å². The Labute approximate surface area is 133 Å². The Morgan fingerprint density at radius 1 is 1.04 bits per heavy atom. The Balaban J connectivity index is 0.000000185. The predicted molar refractivity (Wildman–Crippen MR) is 82.4 cm³/mol. The van der Waals surface area contributed by atoms with Gasteiger partial charge in [0, 0.05) is 0 Å². The Bertz CT molecular complexity index is 688. The summed E-state index contributed by atoms with van der Waals surface area (Å²) in [5.74, 6) is -0.879. The SMILES string of the molecule is O=C(O)c1ccccc1.c1ccc(COCn2ncnn2)cc1. The van der Waals surface area contributed by atoms with Crippen LogP contribution in [0.15, 0.2) is 67.0 Å². The first-order chi connectivity index (χ1) is 11.3. The molecular weight excluding hydrogens is 296 g/mol. The molecule has 0 atom stereocenters. The van der Waals surface area contributed by atoms with Gasteiger partial charge in [-0.25, -0.2) is 4.79 Å². The smallest absolute Gasteiger partial charge is 0.335 e. The van der Waals surface area contributed by atoms with Gasteiger partial charge in [-0.3, -0.25) is 0 Å². The number of carboxylic acid groups (broad SMARTS) is 1. The molecule has 1 heterocycles. The van der Waals surface area contributed by atoms with Crippen LogP contribution in [0.3, 0.4) is 0 Å². The Hall–Kier alpha value is -3.06. The van der Waals surface area contributed by atoms with Crippen LogP contribution in [0.2, 0.25) is 0 Å². The second-order valence-corrected chi connectivity index (χ2v) is 4.44. The van der Waals surface area contributed by atoms with Gasteiger partial charge in [0.25, 0.3) is 0 Å². The van der Waals surface area contributed by atoms with Crippen LogP contribution in [0.25, 0.3) is 0 Å². The van der Waals surface area contributed by atoms with E-state index < -0.39 is 5.97 Å². The molecule has 1 aromatic heterocycles. The quantitative estimate of drug-likeness (QED) is 0.777. The highest BCUT2D eigenvalue weighted by Gasteiger charge is 1.96. The zero-order chi connectivity index (χ0) is 16.3. The number of hydrogen-bond donors (Lipinski definition) is 1. The molecule has 3 aromatic rings. The average Bonchev–Trinajstić information content (AvgIpc) is 3.11. The van der Waals surface area contributed by atoms with Crippen molar-refractivity contribution in [1.82, 2.24) is 20.2 Å². The van der Waals surface area contributed by atoms with E-state index >= 15 is 0 Å². The molecule has 0 aliphatic rings. The number of hydrogen-bond acceptors (Lipinski definition) is 5. The highest BCUT2D eigenvalue weighted by Crippen LogP contribution is 2.00. The predicted octanol–water partition coefficient (Wildman–Crippen LogP) is 2.23. The van der Waals surface area contributed by atoms with Crippen molar-refractivity contribution in [2.75, 3.05) is 0 Å². The second-order valence-electron chi connectivity index (χ2n) is 4.44. The van der Waals surface area contributed by atoms with Crippen LogP contribution in [0.5, 0.6) is 0 Å². The van der Waals surface area contributed by atoms with E-state index in [1.54, 1.807) is 30.3 Å². The summed E-state index contributed by atoms with van der Waals surface area (Å²) >= 11 is 0. The lowest BCUT2D eigenvalue weighted by molar-refractivity contribution is 0.0459. The molecule has 1 N–H and O–H groups in total. The first-order valence-electron chi connectivity index (χ1n) is 6.86. The molecule has 7 heteroatoms. The molecule has 0 radical (unpaired) electrons. The lowest BCUT2D eigenvalue weighted by atomic mass is 10.2. The van der Waals surface area contributed by atoms with Crippen LogP contribution in [0, 0.1) is 0 Å². The number of carbonyl (C=O) groups is 1. The number of rotatable bonds is 5. The minimum atomic E-state index is -0.879. The maximum Gasteiger partial charge on any atom is 0.335 e. The summed E-state index contributed by atoms with van der Waals surface area (Å²) in [5.41, 5.74) is 1.46. The van der Waals surface area contributed by atoms with Gasteiger partial charge in [0.15, 0.2) is 13.1 Å². The van der Waals surface area contributed by atoms with E-state index in [0.717, 1.165) is 5.56 Å². The summed E-state index contributed by atoms with van der Waals surface area (Å²) in [4.78, 5) is 11.6. The molecule has 7 nitrogen and oxygen atoms in total. The van der Waals surface area contributed by atoms with Gasteiger partial charge < -0.3 is 9.84 Å². The maximum absolute atomic E-state index is 10.2. The first kappa shape index (κ1) is 16.3. The van der Waals surface area contributed by atoms with Crippen molar-refractivity contribution in [3.8, 4) is 0 Å². The van der Waals surface area contributed by atoms with Crippen molar-refractivity contribution < 1.29 is 14.6 Å². The summed E-state index contributed by atoms with van der Waals surface area (Å²) < 4.78 is 5.36. The number of aromatic carboxylic acids is 1. The lowest BCUT2D eigenvalue weighted by Gasteiger charge is -2.01. The van der Waals surface area contributed by atoms with E-state index in [2.05, 4.69) is 15.4 Å². The van der Waals surface area contributed by atoms with Crippen LogP contribution in [0.4, 0.5) is 0 Å². The van der Waals surface area contributed by atoms with Gasteiger partial charge >= 0.3 is 5.97 Å². The molecule has 0 unspecified atom stereocenters. The standard InChI is InChI=1S/C9H10N4O.C7H6O2/c1-2-4-9(5-3-1)6-14-8-13-11-7-10-12-13;8-7(9)6-4-2-1-3-5-6/h1-5,7H,6,8H2;1-5H,(H,8,9). The summed E-state index contributed by atoms with van der Waals surface area (Å²) in [7, 11) is 0. The molecule has 0 saturated heterocycles. The topological polar surface area (TPSA) is 90.1 Å². The average molecular weight is 312 g/mol. The van der Waals surface area contributed by atoms with Crippen LogP contribution >= 0.6 is 0 Å². The van der Waals surface area contributed by atoms with Crippen LogP contribution in [-0.4, -0.2) is 31.3 Å². The lowest BCUT2D eigenvalue weighted by Crippen LogP contribution is -2.06. The normalized spacial score (nSPS) is 9.74. The number of ether oxygens (including phenoxy) is 1. The van der Waals surface area contributed by atoms with Gasteiger partial charge in [0.2, 0.25) is 0 Å². The number of benzene rings is 2. The van der Waals surface area contributed by atoms with E-state index in [-0.39, 0.29) is 0 Å². The van der Waals surface area contributed by atoms with Crippen molar-refractivity contribution in [2.24, 2.45) is 0 Å². The van der Waals surface area contributed by atoms with Crippen LogP contribution in [-0.2, 0) is 18.1 Å². The third-order valence-corrected chi connectivity index (χ3v) is 2.73. The van der Waals surface area contributed by atoms with Gasteiger partial charge in [-0.1, -0.05) is 48.5 Å². The van der Waals surface area contributed by atoms with E-state index in [1.807, 2.05) is 30.3 Å². The van der Waals surface area contributed by atoms with Crippen LogP contribution < -0.4 is 0 Å². The Morgan fingerprint density at radius 2 is 1.70 bits per heavy atom. The van der Waals surface area contributed by atoms with Gasteiger partial charge in [-0.05, 0) is 22.9 Å². The Morgan fingerprint density at radius 3 is 2.22 bits per heavy atom. The van der Waals surface area contributed by atoms with Crippen molar-refractivity contribution in [3.05, 3.63) is 78.1 Å². The van der Waals surface area contributed by atoms with Crippen LogP contribution in [0.1, 0.15) is 15.9 Å². The first-order valence-corrected chi connectivity index (χ1v) is 6.86. The number of nitrogens with zero attached hydrogens (tertiary/aromatic N) is 4. The molecule has 0 fully saturated rings. The molecule has 0 amide bonds. The van der Waals surface area contributed by atoms with Crippen molar-refractivity contribution in [2.45, 2.75) is 13.3 Å². The highest BCUT2D eigenvalue weighted by molar-refractivity contribution is 5.87. The van der Waals surface area contributed by atoms with Crippen molar-refractivity contribution in [3.63, 3.8) is 0 Å². The molecule has 118 valence electrons. The Kier molecular flexibility index (Phi) is 6.43. The van der Waals surface area contributed by atoms with Gasteiger partial charge in [0.1, 0.15) is 0 Å². The summed E-state index contributed by atoms with van der Waals surface area (Å²) in [6, 6.07) is 18.2. The highest BCUT2D eigenvalue weighted by atomic mass is 16.5. The molecule has 3 rings (SSSR count). The fraction of sp³-hybridized carbons (Fsp3) is 0.125. The van der Waals surface area contributed by atoms with Gasteiger partial charge in [0.05, 0.1) is 12.2 Å². The molecule has 2 aromatic carbocycles. The molecule has 0 aliphatic carbocycles. The monoisotopic (exact) mass is 312 g/mol. The number of tetrazole rings is 1. The molecule has 0 aliphatic heterocycles. The fourth-order valence-electron chi connectivity index (χ4n) is 1.65. The molecule has 23 heavy (non-hydrogen) atoms. The largest absolute Gasteiger partial charge is 0.478 e. The number of carboxylic acids is 1. The molecule has 0 spiro atoms. The molecular formula is C16H16N4O3.